The minimum atomic E-state index is -0.730. The van der Waals surface area contributed by atoms with Crippen molar-refractivity contribution in [2.75, 3.05) is 5.32 Å². The zero-order valence-electron chi connectivity index (χ0n) is 18.4. The summed E-state index contributed by atoms with van der Waals surface area (Å²) in [6, 6.07) is 28.9. The van der Waals surface area contributed by atoms with Gasteiger partial charge in [0.2, 0.25) is 0 Å². The third-order valence-corrected chi connectivity index (χ3v) is 5.55. The van der Waals surface area contributed by atoms with E-state index in [1.54, 1.807) is 54.6 Å². The molecule has 4 aromatic carbocycles. The van der Waals surface area contributed by atoms with Gasteiger partial charge in [0.05, 0.1) is 10.0 Å². The standard InChI is InChI=1S/C28H20BrFN2O3/c29-23-11-5-7-13-26(23)35-21-16-14-19(15-17-21)18-25(28(34)31-20-8-2-1-3-9-20)32-27(33)22-10-4-6-12-24(22)30/h1-18H,(H,31,34)(H,32,33)/b25-18+. The topological polar surface area (TPSA) is 67.4 Å². The van der Waals surface area contributed by atoms with Crippen LogP contribution in [0.4, 0.5) is 10.1 Å². The zero-order chi connectivity index (χ0) is 24.6. The molecule has 0 saturated heterocycles. The fourth-order valence-electron chi connectivity index (χ4n) is 3.17. The van der Waals surface area contributed by atoms with Crippen molar-refractivity contribution in [3.63, 3.8) is 0 Å². The predicted molar refractivity (Wildman–Crippen MR) is 138 cm³/mol. The van der Waals surface area contributed by atoms with E-state index in [0.29, 0.717) is 22.7 Å². The van der Waals surface area contributed by atoms with Crippen LogP contribution in [0, 0.1) is 5.82 Å². The number of halogens is 2. The molecule has 35 heavy (non-hydrogen) atoms. The van der Waals surface area contributed by atoms with Crippen molar-refractivity contribution in [2.45, 2.75) is 0 Å². The minimum Gasteiger partial charge on any atom is -0.456 e. The lowest BCUT2D eigenvalue weighted by Crippen LogP contribution is -2.31. The molecular weight excluding hydrogens is 511 g/mol. The van der Waals surface area contributed by atoms with Crippen LogP contribution in [0.3, 0.4) is 0 Å². The second-order valence-electron chi connectivity index (χ2n) is 7.41. The van der Waals surface area contributed by atoms with Gasteiger partial charge >= 0.3 is 0 Å². The summed E-state index contributed by atoms with van der Waals surface area (Å²) in [5.41, 5.74) is 0.988. The summed E-state index contributed by atoms with van der Waals surface area (Å²) in [5.74, 6) is -0.696. The molecule has 5 nitrogen and oxygen atoms in total. The van der Waals surface area contributed by atoms with E-state index in [4.69, 9.17) is 4.74 Å². The van der Waals surface area contributed by atoms with Gasteiger partial charge in [-0.05, 0) is 76.1 Å². The van der Waals surface area contributed by atoms with Gasteiger partial charge in [0.25, 0.3) is 11.8 Å². The van der Waals surface area contributed by atoms with Gasteiger partial charge in [0.15, 0.2) is 0 Å². The van der Waals surface area contributed by atoms with E-state index in [0.717, 1.165) is 4.47 Å². The van der Waals surface area contributed by atoms with Gasteiger partial charge in [-0.1, -0.05) is 54.6 Å². The molecule has 0 aliphatic heterocycles. The van der Waals surface area contributed by atoms with Gasteiger partial charge in [-0.15, -0.1) is 0 Å². The molecule has 7 heteroatoms. The molecule has 2 amide bonds. The molecule has 4 aromatic rings. The van der Waals surface area contributed by atoms with Crippen LogP contribution in [-0.2, 0) is 4.79 Å². The lowest BCUT2D eigenvalue weighted by atomic mass is 10.1. The number of rotatable bonds is 7. The highest BCUT2D eigenvalue weighted by atomic mass is 79.9. The minimum absolute atomic E-state index is 0.0402. The number of nitrogens with one attached hydrogen (secondary N) is 2. The number of hydrogen-bond donors (Lipinski definition) is 2. The average Bonchev–Trinajstić information content (AvgIpc) is 2.87. The molecule has 2 N–H and O–H groups in total. The van der Waals surface area contributed by atoms with Crippen LogP contribution in [0.15, 0.2) is 113 Å². The van der Waals surface area contributed by atoms with Crippen molar-refractivity contribution in [3.8, 4) is 11.5 Å². The average molecular weight is 531 g/mol. The van der Waals surface area contributed by atoms with E-state index in [1.807, 2.05) is 30.3 Å². The Bertz CT molecular complexity index is 1370. The molecule has 0 radical (unpaired) electrons. The van der Waals surface area contributed by atoms with Crippen LogP contribution in [0.25, 0.3) is 6.08 Å². The molecule has 4 rings (SSSR count). The molecule has 0 saturated carbocycles. The molecule has 0 heterocycles. The Labute approximate surface area is 210 Å². The number of benzene rings is 4. The van der Waals surface area contributed by atoms with Crippen molar-refractivity contribution in [3.05, 3.63) is 130 Å². The molecular formula is C28H20BrFN2O3. The lowest BCUT2D eigenvalue weighted by molar-refractivity contribution is -0.113. The predicted octanol–water partition coefficient (Wildman–Crippen LogP) is 6.79. The Hall–Kier alpha value is -4.23. The quantitative estimate of drug-likeness (QED) is 0.258. The van der Waals surface area contributed by atoms with Crippen LogP contribution < -0.4 is 15.4 Å². The Kier molecular flexibility index (Phi) is 7.70. The third-order valence-electron chi connectivity index (χ3n) is 4.90. The summed E-state index contributed by atoms with van der Waals surface area (Å²) >= 11 is 3.45. The first kappa shape index (κ1) is 23.9. The maximum atomic E-state index is 14.1. The van der Waals surface area contributed by atoms with Gasteiger partial charge in [-0.3, -0.25) is 9.59 Å². The van der Waals surface area contributed by atoms with E-state index in [1.165, 1.54) is 24.3 Å². The lowest BCUT2D eigenvalue weighted by Gasteiger charge is -2.12. The van der Waals surface area contributed by atoms with Gasteiger partial charge < -0.3 is 15.4 Å². The second-order valence-corrected chi connectivity index (χ2v) is 8.27. The number of para-hydroxylation sites is 2. The van der Waals surface area contributed by atoms with Crippen molar-refractivity contribution in [2.24, 2.45) is 0 Å². The van der Waals surface area contributed by atoms with Crippen molar-refractivity contribution in [1.82, 2.24) is 5.32 Å². The SMILES string of the molecule is O=C(Nc1ccccc1)/C(=C\c1ccc(Oc2ccccc2Br)cc1)NC(=O)c1ccccc1F. The third kappa shape index (κ3) is 6.43. The van der Waals surface area contributed by atoms with Gasteiger partial charge in [0, 0.05) is 5.69 Å². The molecule has 0 fully saturated rings. The summed E-state index contributed by atoms with van der Waals surface area (Å²) in [7, 11) is 0. The number of carbonyl (C=O) groups is 2. The number of hydrogen-bond acceptors (Lipinski definition) is 3. The normalized spacial score (nSPS) is 11.0. The van der Waals surface area contributed by atoms with Gasteiger partial charge in [-0.25, -0.2) is 4.39 Å². The van der Waals surface area contributed by atoms with Crippen LogP contribution in [0.5, 0.6) is 11.5 Å². The van der Waals surface area contributed by atoms with E-state index >= 15 is 0 Å². The maximum Gasteiger partial charge on any atom is 0.272 e. The van der Waals surface area contributed by atoms with E-state index in [-0.39, 0.29) is 11.3 Å². The van der Waals surface area contributed by atoms with Crippen molar-refractivity contribution >= 4 is 39.5 Å². The summed E-state index contributed by atoms with van der Waals surface area (Å²) in [4.78, 5) is 25.7. The Morgan fingerprint density at radius 3 is 2.17 bits per heavy atom. The van der Waals surface area contributed by atoms with Crippen LogP contribution >= 0.6 is 15.9 Å². The summed E-state index contributed by atoms with van der Waals surface area (Å²) in [6.45, 7) is 0. The number of ether oxygens (including phenoxy) is 1. The molecule has 0 atom stereocenters. The number of anilines is 1. The van der Waals surface area contributed by atoms with E-state index < -0.39 is 17.6 Å². The van der Waals surface area contributed by atoms with Crippen molar-refractivity contribution in [1.29, 1.82) is 0 Å². The Morgan fingerprint density at radius 2 is 1.46 bits per heavy atom. The fourth-order valence-corrected chi connectivity index (χ4v) is 3.53. The highest BCUT2D eigenvalue weighted by Gasteiger charge is 2.17. The van der Waals surface area contributed by atoms with Crippen molar-refractivity contribution < 1.29 is 18.7 Å². The Morgan fingerprint density at radius 1 is 0.800 bits per heavy atom. The van der Waals surface area contributed by atoms with E-state index in [2.05, 4.69) is 26.6 Å². The number of amides is 2. The fraction of sp³-hybridized carbons (Fsp3) is 0. The smallest absolute Gasteiger partial charge is 0.272 e. The molecule has 0 spiro atoms. The monoisotopic (exact) mass is 530 g/mol. The van der Waals surface area contributed by atoms with Crippen LogP contribution in [0.1, 0.15) is 15.9 Å². The highest BCUT2D eigenvalue weighted by molar-refractivity contribution is 9.10. The summed E-state index contributed by atoms with van der Waals surface area (Å²) in [6.07, 6.45) is 1.51. The first-order valence-corrected chi connectivity index (χ1v) is 11.5. The largest absolute Gasteiger partial charge is 0.456 e. The molecule has 0 aliphatic carbocycles. The Balaban J connectivity index is 1.58. The van der Waals surface area contributed by atoms with Crippen LogP contribution in [-0.4, -0.2) is 11.8 Å². The maximum absolute atomic E-state index is 14.1. The second kappa shape index (κ2) is 11.3. The first-order valence-electron chi connectivity index (χ1n) is 10.7. The van der Waals surface area contributed by atoms with Gasteiger partial charge in [0.1, 0.15) is 23.0 Å². The highest BCUT2D eigenvalue weighted by Crippen LogP contribution is 2.29. The zero-order valence-corrected chi connectivity index (χ0v) is 20.0. The molecule has 0 aliphatic rings. The summed E-state index contributed by atoms with van der Waals surface area (Å²) < 4.78 is 20.8. The first-order chi connectivity index (χ1) is 17.0. The summed E-state index contributed by atoms with van der Waals surface area (Å²) in [5, 5.41) is 5.28. The molecule has 0 aromatic heterocycles. The van der Waals surface area contributed by atoms with Crippen LogP contribution in [0.2, 0.25) is 0 Å². The molecule has 174 valence electrons. The molecule has 0 bridgehead atoms. The van der Waals surface area contributed by atoms with E-state index in [9.17, 15) is 14.0 Å². The molecule has 0 unspecified atom stereocenters. The number of carbonyl (C=O) groups excluding carboxylic acids is 2. The van der Waals surface area contributed by atoms with Gasteiger partial charge in [-0.2, -0.15) is 0 Å².